The van der Waals surface area contributed by atoms with Gasteiger partial charge in [-0.25, -0.2) is 8.42 Å². The maximum absolute atomic E-state index is 13.0. The summed E-state index contributed by atoms with van der Waals surface area (Å²) in [5.41, 5.74) is 0. The average Bonchev–Trinajstić information content (AvgIpc) is 2.79. The minimum Gasteiger partial charge on any atom is -0.381 e. The number of rotatable bonds is 3. The Hall–Kier alpha value is -1.97. The summed E-state index contributed by atoms with van der Waals surface area (Å²) in [6.45, 7) is 2.84. The topological polar surface area (TPSA) is 96.0 Å². The van der Waals surface area contributed by atoms with Gasteiger partial charge in [0.1, 0.15) is 0 Å². The first-order valence-corrected chi connectivity index (χ1v) is 11.6. The van der Waals surface area contributed by atoms with Gasteiger partial charge < -0.3 is 15.0 Å². The van der Waals surface area contributed by atoms with E-state index in [-0.39, 0.29) is 42.1 Å². The quantitative estimate of drug-likeness (QED) is 0.777. The van der Waals surface area contributed by atoms with Crippen LogP contribution in [0.3, 0.4) is 0 Å². The molecule has 2 aliphatic heterocycles. The fourth-order valence-corrected chi connectivity index (χ4v) is 5.21. The summed E-state index contributed by atoms with van der Waals surface area (Å²) in [6.07, 6.45) is 2.03. The normalized spacial score (nSPS) is 21.2. The number of sulfonamides is 1. The second-order valence-electron chi connectivity index (χ2n) is 7.38. The molecule has 0 bridgehead atoms. The number of nitrogens with one attached hydrogen (secondary N) is 1. The van der Waals surface area contributed by atoms with E-state index in [4.69, 9.17) is 4.74 Å². The van der Waals surface area contributed by atoms with E-state index in [1.54, 1.807) is 35.2 Å². The Morgan fingerprint density at radius 1 is 1.03 bits per heavy atom. The number of amides is 2. The number of ether oxygens (including phenoxy) is 1. The molecule has 2 amide bonds. The summed E-state index contributed by atoms with van der Waals surface area (Å²) in [7, 11) is -3.69. The van der Waals surface area contributed by atoms with Crippen molar-refractivity contribution in [3.63, 3.8) is 0 Å². The highest BCUT2D eigenvalue weighted by Gasteiger charge is 2.28. The molecular weight excluding hydrogens is 394 g/mol. The number of hydrogen-bond donors (Lipinski definition) is 1. The molecule has 0 unspecified atom stereocenters. The fourth-order valence-electron chi connectivity index (χ4n) is 3.71. The van der Waals surface area contributed by atoms with E-state index in [1.807, 2.05) is 0 Å². The van der Waals surface area contributed by atoms with Gasteiger partial charge >= 0.3 is 0 Å². The molecule has 0 aromatic heterocycles. The molecule has 2 heterocycles. The Kier molecular flexibility index (Phi) is 7.63. The second-order valence-corrected chi connectivity index (χ2v) is 9.32. The van der Waals surface area contributed by atoms with Gasteiger partial charge in [0.25, 0.3) is 0 Å². The second kappa shape index (κ2) is 10.2. The van der Waals surface area contributed by atoms with Gasteiger partial charge in [-0.3, -0.25) is 9.59 Å². The van der Waals surface area contributed by atoms with E-state index in [9.17, 15) is 18.0 Å². The molecule has 29 heavy (non-hydrogen) atoms. The molecule has 1 aromatic rings. The lowest BCUT2D eigenvalue weighted by Gasteiger charge is -2.30. The van der Waals surface area contributed by atoms with Crippen LogP contribution in [0.2, 0.25) is 0 Å². The Morgan fingerprint density at radius 2 is 1.76 bits per heavy atom. The van der Waals surface area contributed by atoms with Crippen molar-refractivity contribution in [3.8, 4) is 0 Å². The third kappa shape index (κ3) is 5.77. The summed E-state index contributed by atoms with van der Waals surface area (Å²) >= 11 is 0. The zero-order valence-electron chi connectivity index (χ0n) is 16.6. The van der Waals surface area contributed by atoms with Gasteiger partial charge in [-0.2, -0.15) is 4.31 Å². The number of hydrogen-bond acceptors (Lipinski definition) is 5. The van der Waals surface area contributed by atoms with Gasteiger partial charge in [-0.05, 0) is 31.4 Å². The van der Waals surface area contributed by atoms with Crippen LogP contribution in [0.15, 0.2) is 35.2 Å². The Bertz CT molecular complexity index is 794. The van der Waals surface area contributed by atoms with Crippen LogP contribution in [-0.4, -0.2) is 75.4 Å². The van der Waals surface area contributed by atoms with Gasteiger partial charge in [-0.15, -0.1) is 0 Å². The van der Waals surface area contributed by atoms with Crippen molar-refractivity contribution in [1.29, 1.82) is 0 Å². The number of nitrogens with zero attached hydrogens (tertiary/aromatic N) is 2. The molecule has 3 rings (SSSR count). The zero-order chi connectivity index (χ0) is 20.7. The van der Waals surface area contributed by atoms with E-state index in [2.05, 4.69) is 5.32 Å². The molecule has 9 heteroatoms. The molecule has 0 radical (unpaired) electrons. The summed E-state index contributed by atoms with van der Waals surface area (Å²) < 4.78 is 32.7. The van der Waals surface area contributed by atoms with Crippen molar-refractivity contribution in [2.24, 2.45) is 5.92 Å². The van der Waals surface area contributed by atoms with Gasteiger partial charge in [-0.1, -0.05) is 18.2 Å². The van der Waals surface area contributed by atoms with Gasteiger partial charge in [0.2, 0.25) is 21.8 Å². The van der Waals surface area contributed by atoms with Crippen LogP contribution in [-0.2, 0) is 24.3 Å². The average molecular weight is 424 g/mol. The Labute approximate surface area is 172 Å². The van der Waals surface area contributed by atoms with Gasteiger partial charge in [0.15, 0.2) is 0 Å². The van der Waals surface area contributed by atoms with Crippen molar-refractivity contribution in [3.05, 3.63) is 30.3 Å². The molecular formula is C20H29N3O5S. The molecule has 2 aliphatic rings. The summed E-state index contributed by atoms with van der Waals surface area (Å²) in [5, 5.41) is 2.80. The molecule has 2 fully saturated rings. The maximum atomic E-state index is 13.0. The summed E-state index contributed by atoms with van der Waals surface area (Å²) in [5.74, 6) is -0.202. The third-order valence-electron chi connectivity index (χ3n) is 5.39. The van der Waals surface area contributed by atoms with E-state index in [0.29, 0.717) is 52.1 Å². The van der Waals surface area contributed by atoms with E-state index in [0.717, 1.165) is 0 Å². The molecule has 160 valence electrons. The van der Waals surface area contributed by atoms with Crippen LogP contribution in [0, 0.1) is 5.92 Å². The minimum absolute atomic E-state index is 0.0614. The first kappa shape index (κ1) is 21.7. The number of carbonyl (C=O) groups is 2. The van der Waals surface area contributed by atoms with E-state index >= 15 is 0 Å². The smallest absolute Gasteiger partial charge is 0.243 e. The number of carbonyl (C=O) groups excluding carboxylic acids is 2. The van der Waals surface area contributed by atoms with Gasteiger partial charge in [0.05, 0.1) is 4.90 Å². The molecule has 0 aliphatic carbocycles. The molecule has 0 spiro atoms. The highest BCUT2D eigenvalue weighted by Crippen LogP contribution is 2.19. The highest BCUT2D eigenvalue weighted by molar-refractivity contribution is 7.89. The van der Waals surface area contributed by atoms with Crippen molar-refractivity contribution in [2.75, 3.05) is 45.9 Å². The van der Waals surface area contributed by atoms with E-state index in [1.165, 1.54) is 4.31 Å². The standard InChI is InChI=1S/C20H29N3O5S/c24-19-7-13-23(29(26,27)18-5-2-1-3-6-18)12-4-11-22(14-10-21-19)20(25)17-8-15-28-16-9-17/h1-3,5-6,17H,4,7-16H2,(H,21,24). The van der Waals surface area contributed by atoms with Gasteiger partial charge in [0, 0.05) is 58.3 Å². The molecule has 1 aromatic carbocycles. The lowest BCUT2D eigenvalue weighted by molar-refractivity contribution is -0.138. The van der Waals surface area contributed by atoms with Crippen molar-refractivity contribution < 1.29 is 22.7 Å². The van der Waals surface area contributed by atoms with Crippen LogP contribution in [0.25, 0.3) is 0 Å². The van der Waals surface area contributed by atoms with Crippen LogP contribution in [0.5, 0.6) is 0 Å². The molecule has 8 nitrogen and oxygen atoms in total. The Balaban J connectivity index is 1.71. The predicted octanol–water partition coefficient (Wildman–Crippen LogP) is 0.843. The summed E-state index contributed by atoms with van der Waals surface area (Å²) in [4.78, 5) is 27.0. The summed E-state index contributed by atoms with van der Waals surface area (Å²) in [6, 6.07) is 8.24. The zero-order valence-corrected chi connectivity index (χ0v) is 17.4. The molecule has 0 saturated carbocycles. The largest absolute Gasteiger partial charge is 0.381 e. The van der Waals surface area contributed by atoms with Crippen LogP contribution < -0.4 is 5.32 Å². The third-order valence-corrected chi connectivity index (χ3v) is 7.30. The predicted molar refractivity (Wildman–Crippen MR) is 108 cm³/mol. The van der Waals surface area contributed by atoms with Crippen molar-refractivity contribution >= 4 is 21.8 Å². The lowest BCUT2D eigenvalue weighted by Crippen LogP contribution is -2.43. The van der Waals surface area contributed by atoms with Crippen LogP contribution in [0.1, 0.15) is 25.7 Å². The minimum atomic E-state index is -3.69. The molecule has 1 N–H and O–H groups in total. The first-order chi connectivity index (χ1) is 14.0. The van der Waals surface area contributed by atoms with E-state index < -0.39 is 10.0 Å². The van der Waals surface area contributed by atoms with Crippen molar-refractivity contribution in [2.45, 2.75) is 30.6 Å². The molecule has 0 atom stereocenters. The Morgan fingerprint density at radius 3 is 2.48 bits per heavy atom. The first-order valence-electron chi connectivity index (χ1n) is 10.2. The monoisotopic (exact) mass is 423 g/mol. The van der Waals surface area contributed by atoms with Crippen molar-refractivity contribution in [1.82, 2.24) is 14.5 Å². The molecule has 2 saturated heterocycles. The number of benzene rings is 1. The van der Waals surface area contributed by atoms with Crippen LogP contribution >= 0.6 is 0 Å². The SMILES string of the molecule is O=C1CCN(S(=O)(=O)c2ccccc2)CCCN(C(=O)C2CCOCC2)CCN1. The van der Waals surface area contributed by atoms with Crippen LogP contribution in [0.4, 0.5) is 0 Å². The maximum Gasteiger partial charge on any atom is 0.243 e. The highest BCUT2D eigenvalue weighted by atomic mass is 32.2. The lowest BCUT2D eigenvalue weighted by atomic mass is 9.98. The fraction of sp³-hybridized carbons (Fsp3) is 0.600.